The number of hydrogen-bond donors (Lipinski definition) is 3. The Labute approximate surface area is 854 Å². The van der Waals surface area contributed by atoms with Gasteiger partial charge in [0.05, 0.1) is 74.1 Å². The molecule has 9 fully saturated rings. The average Bonchev–Trinajstić information content (AvgIpc) is 1.40. The number of carbonyl (C=O) groups is 6. The molecule has 141 heavy (non-hydrogen) atoms. The van der Waals surface area contributed by atoms with Crippen molar-refractivity contribution >= 4 is 88.0 Å². The summed E-state index contributed by atoms with van der Waals surface area (Å²) in [6, 6.07) is 8.37. The molecule has 6 bridgehead atoms. The zero-order valence-corrected chi connectivity index (χ0v) is 87.1. The fourth-order valence-electron chi connectivity index (χ4n) is 22.9. The number of rotatable bonds is 9. The van der Waals surface area contributed by atoms with E-state index in [9.17, 15) is 43.2 Å². The minimum Gasteiger partial charge on any atom is -0.540 e. The summed E-state index contributed by atoms with van der Waals surface area (Å²) in [4.78, 5) is 150. The largest absolute Gasteiger partial charge is 0.540 e. The standard InChI is InChI=1S/C35H45F2N4O6.C34H43F2N4O6.C33H41F2N4O6.3V/c1-7-22-26(18-42)41-17-27(22)46-30-28(38-24-13-12-21(45-6)16-25(24)39-30)35(36,37)23-15-19(23)10-11-20-9-8-14-34(20,5)47-32(44)40-29(31(41)43)33(2,3)4;1-6-21-25(17-41)40-16-27(21)45-30-28(37-23-13-12-20(44-5)15-24(23)38-30)34(35,36)22-14-19(22)11-10-18-8-7-9-26(18)46-32(43)39-29(31(40)42)33(2,3)4;1-7-20-24(16-40)39-15-25(20)44-28-26(36-22-11-10-19(43-6)13-23(22)37-28)33(34,35)21-12-17(21)8-9-18-14-32(18,5)45-30(42)38-27(29(39)41)31(2,3)4;;;/h12-13,16,19-20,22-23,26-27,29H,7-11,14-15,17H2,1-6H3,(H,40,44);12-13,15,18-19,21-22,25-27,29H,6-11,14,16H2,1-5H3,(H,39,43);10-11,13,17-18,20-21,24-25,27H,7-9,12,14-15H2,1-6H3,(H,38,42);;;/q3*-1;;;/t19?,20-,22-,23?,26+,27-,29+,34+;18-,19?,21-,22?,25+,26+,27-,29+;17?,18-,20+,21?,24-,25+,27-,32-;;;/m001.../s1. The maximum absolute atomic E-state index is 16.5. The van der Waals surface area contributed by atoms with Crippen molar-refractivity contribution in [3.63, 3.8) is 0 Å². The molecule has 6 unspecified atom stereocenters. The van der Waals surface area contributed by atoms with Gasteiger partial charge in [0.15, 0.2) is 17.1 Å². The third-order valence-electron chi connectivity index (χ3n) is 31.6. The van der Waals surface area contributed by atoms with Gasteiger partial charge in [-0.1, -0.05) is 120 Å². The van der Waals surface area contributed by atoms with E-state index < -0.39 is 188 Å². The van der Waals surface area contributed by atoms with Gasteiger partial charge in [-0.25, -0.2) is 63.1 Å². The van der Waals surface area contributed by atoms with Crippen molar-refractivity contribution in [2.45, 2.75) is 309 Å². The third kappa shape index (κ3) is 22.3. The van der Waals surface area contributed by atoms with Crippen molar-refractivity contribution < 1.29 is 168 Å². The summed E-state index contributed by atoms with van der Waals surface area (Å²) in [5.74, 6) is -16.1. The van der Waals surface area contributed by atoms with Crippen LogP contribution in [-0.2, 0) is 116 Å². The Morgan fingerprint density at radius 1 is 0.397 bits per heavy atom. The summed E-state index contributed by atoms with van der Waals surface area (Å²) in [7, 11) is 4.50. The van der Waals surface area contributed by atoms with Gasteiger partial charge in [-0.2, -0.15) is 26.3 Å². The minimum atomic E-state index is -3.34. The second kappa shape index (κ2) is 42.2. The zero-order valence-electron chi connectivity index (χ0n) is 82.9. The van der Waals surface area contributed by atoms with E-state index in [2.05, 4.69) is 45.9 Å². The summed E-state index contributed by atoms with van der Waals surface area (Å²) < 4.78 is 151. The Balaban J connectivity index is 0.000000176. The number of nitrogens with zero attached hydrogens (tertiary/aromatic N) is 9. The van der Waals surface area contributed by atoms with Crippen LogP contribution in [0.4, 0.5) is 40.7 Å². The maximum atomic E-state index is 16.5. The van der Waals surface area contributed by atoms with Gasteiger partial charge in [0.1, 0.15) is 71.0 Å². The predicted octanol–water partition coefficient (Wildman–Crippen LogP) is 16.7. The minimum absolute atomic E-state index is 0. The second-order valence-corrected chi connectivity index (χ2v) is 43.8. The van der Waals surface area contributed by atoms with Crippen molar-refractivity contribution in [1.82, 2.24) is 60.6 Å². The van der Waals surface area contributed by atoms with Gasteiger partial charge in [0, 0.05) is 97.5 Å². The van der Waals surface area contributed by atoms with Crippen LogP contribution in [-0.4, -0.2) is 212 Å². The molecule has 6 aliphatic carbocycles. The Bertz CT molecular complexity index is 5650. The van der Waals surface area contributed by atoms with E-state index >= 15 is 26.3 Å². The number of carbonyl (C=O) groups excluding carboxylic acids is 9. The van der Waals surface area contributed by atoms with Crippen LogP contribution >= 0.6 is 0 Å². The number of halogens is 6. The van der Waals surface area contributed by atoms with E-state index in [1.807, 2.05) is 116 Å². The van der Waals surface area contributed by atoms with Gasteiger partial charge in [-0.3, -0.25) is 14.4 Å². The second-order valence-electron chi connectivity index (χ2n) is 43.8. The van der Waals surface area contributed by atoms with Gasteiger partial charge < -0.3 is 87.7 Å². The molecule has 6 aromatic rings. The van der Waals surface area contributed by atoms with Crippen LogP contribution < -0.4 is 44.4 Å². The smallest absolute Gasteiger partial charge is 0.408 e. The fraction of sp³-hybridized carbons (Fsp3) is 0.676. The topological polar surface area (TPSA) is 360 Å². The van der Waals surface area contributed by atoms with Gasteiger partial charge in [0.2, 0.25) is 35.4 Å². The van der Waals surface area contributed by atoms with E-state index in [0.29, 0.717) is 130 Å². The third-order valence-corrected chi connectivity index (χ3v) is 31.6. The normalized spacial score (nSPS) is 33.2. The number of amides is 6. The molecule has 9 heterocycles. The van der Waals surface area contributed by atoms with E-state index in [1.54, 1.807) is 54.6 Å². The number of ether oxygens (including phenoxy) is 9. The summed E-state index contributed by atoms with van der Waals surface area (Å²) in [6.07, 6.45) is 12.1. The average molecular weight is 2080 g/mol. The molecular formula is C102H129F6N12O18V3-3. The van der Waals surface area contributed by atoms with Crippen LogP contribution in [0.2, 0.25) is 0 Å². The van der Waals surface area contributed by atoms with Gasteiger partial charge in [-0.05, 0) is 217 Å². The van der Waals surface area contributed by atoms with Crippen molar-refractivity contribution in [3.8, 4) is 34.9 Å². The molecular weight excluding hydrogens is 1950 g/mol. The Morgan fingerprint density at radius 3 is 1.06 bits per heavy atom. The first-order chi connectivity index (χ1) is 65.2. The molecule has 39 heteroatoms. The maximum Gasteiger partial charge on any atom is 0.408 e. The van der Waals surface area contributed by atoms with Gasteiger partial charge in [0.25, 0.3) is 17.8 Å². The summed E-state index contributed by atoms with van der Waals surface area (Å²) in [6.45, 7) is 25.3. The molecule has 6 amide bonds. The number of aromatic nitrogens is 6. The van der Waals surface area contributed by atoms with Crippen molar-refractivity contribution in [2.24, 2.45) is 87.3 Å². The van der Waals surface area contributed by atoms with Crippen molar-refractivity contribution in [1.29, 1.82) is 0 Å². The van der Waals surface area contributed by atoms with Gasteiger partial charge in [-0.15, -0.1) is 0 Å². The molecule has 3 radical (unpaired) electrons. The Kier molecular flexibility index (Phi) is 32.7. The van der Waals surface area contributed by atoms with Crippen molar-refractivity contribution in [3.05, 3.63) is 71.7 Å². The molecule has 3 saturated heterocycles. The van der Waals surface area contributed by atoms with Gasteiger partial charge >= 0.3 is 18.3 Å². The molecule has 0 spiro atoms. The molecule has 6 saturated carbocycles. The van der Waals surface area contributed by atoms with Crippen LogP contribution in [0.3, 0.4) is 0 Å². The molecule has 3 N–H and O–H groups in total. The summed E-state index contributed by atoms with van der Waals surface area (Å²) >= 11 is 0. The molecule has 24 atom stereocenters. The summed E-state index contributed by atoms with van der Waals surface area (Å²) in [5, 5.41) is 8.40. The van der Waals surface area contributed by atoms with Crippen LogP contribution in [0.25, 0.3) is 33.1 Å². The van der Waals surface area contributed by atoms with Crippen LogP contribution in [0, 0.1) is 87.3 Å². The number of nitrogens with one attached hydrogen (secondary N) is 3. The predicted molar refractivity (Wildman–Crippen MR) is 493 cm³/mol. The van der Waals surface area contributed by atoms with Crippen molar-refractivity contribution in [2.75, 3.05) is 41.0 Å². The Morgan fingerprint density at radius 2 is 0.723 bits per heavy atom. The fourth-order valence-corrected chi connectivity index (χ4v) is 22.9. The quantitative estimate of drug-likeness (QED) is 0.0687. The van der Waals surface area contributed by atoms with Crippen LogP contribution in [0.15, 0.2) is 54.6 Å². The first-order valence-electron chi connectivity index (χ1n) is 49.0. The van der Waals surface area contributed by atoms with E-state index in [4.69, 9.17) is 42.6 Å². The molecule has 3 aromatic heterocycles. The number of alkyl carbamates (subject to hydrolysis) is 3. The molecule has 30 nitrogen and oxygen atoms in total. The first kappa shape index (κ1) is 109. The number of fused-ring (bicyclic) bond motifs is 18. The SMILES string of the molecule is CC[C@@H]1[C@@H]2CN(C(=O)[C@H](C(C)(C)C)NC(=O)O[C@@H]3CCC[C@H]3CCC3CC3C(F)(F)c3nc4ccc(OC)cc4nc3O2)[C@@H]1[C-]=O.CC[C@@H]1[C@@H]2CN(C(=O)[C@H](C(C)(C)C)NC(=O)O[C@]3(C)CCC[C@H]3CCC3CC3C(F)(F)c3nc4ccc(OC)cc4nc3O2)[C@@H]1[C-]=O.CC[C@@H]1[C@@H]2CN(C(=O)[C@H](C(C)(C)C)NC(=O)O[C@]3(C)C[C@H]3CCC3CC3C(F)(F)c3nc4ccc(OC)cc4nc3O2)[C@@H]1[C-]=O.[V].[V].[V]. The number of alkyl halides is 6. The Hall–Kier alpha value is -8.96. The number of methoxy groups -OCH3 is 3. The first-order valence-corrected chi connectivity index (χ1v) is 49.0. The van der Waals surface area contributed by atoms with E-state index in [0.717, 1.165) is 25.7 Å². The van der Waals surface area contributed by atoms with E-state index in [-0.39, 0.29) is 151 Å². The molecule has 18 rings (SSSR count). The van der Waals surface area contributed by atoms with Crippen LogP contribution in [0.1, 0.15) is 236 Å². The molecule has 765 valence electrons. The molecule has 12 aliphatic rings. The van der Waals surface area contributed by atoms with E-state index in [1.165, 1.54) is 36.0 Å². The zero-order chi connectivity index (χ0) is 99.3. The summed E-state index contributed by atoms with van der Waals surface area (Å²) in [5.41, 5.74) is -3.56. The molecule has 3 aromatic carbocycles. The monoisotopic (exact) mass is 2080 g/mol. The van der Waals surface area contributed by atoms with Crippen LogP contribution in [0.5, 0.6) is 34.9 Å². The number of hydrogen-bond acceptors (Lipinski definition) is 24. The number of benzene rings is 3. The molecule has 6 aliphatic heterocycles.